The van der Waals surface area contributed by atoms with E-state index < -0.39 is 5.97 Å². The molecule has 114 valence electrons. The summed E-state index contributed by atoms with van der Waals surface area (Å²) in [6.07, 6.45) is 3.00. The fourth-order valence-electron chi connectivity index (χ4n) is 2.32. The van der Waals surface area contributed by atoms with Crippen molar-refractivity contribution in [2.45, 2.75) is 39.0 Å². The van der Waals surface area contributed by atoms with Crippen LogP contribution in [0.2, 0.25) is 0 Å². The number of carbonyl (C=O) groups excluding carboxylic acids is 2. The number of nitrogens with one attached hydrogen (secondary N) is 2. The van der Waals surface area contributed by atoms with Gasteiger partial charge in [0, 0.05) is 17.8 Å². The van der Waals surface area contributed by atoms with Crippen molar-refractivity contribution in [1.29, 1.82) is 0 Å². The van der Waals surface area contributed by atoms with Crippen LogP contribution < -0.4 is 10.6 Å². The van der Waals surface area contributed by atoms with Gasteiger partial charge in [0.1, 0.15) is 5.00 Å². The zero-order valence-corrected chi connectivity index (χ0v) is 12.6. The second kappa shape index (κ2) is 6.71. The summed E-state index contributed by atoms with van der Waals surface area (Å²) in [5, 5.41) is 14.6. The number of anilines is 1. The summed E-state index contributed by atoms with van der Waals surface area (Å²) in [4.78, 5) is 35.5. The van der Waals surface area contributed by atoms with Crippen molar-refractivity contribution in [3.8, 4) is 0 Å². The number of thiophene rings is 1. The topological polar surface area (TPSA) is 95.5 Å². The molecule has 0 spiro atoms. The summed E-state index contributed by atoms with van der Waals surface area (Å²) in [7, 11) is 0. The second-order valence-corrected chi connectivity index (χ2v) is 5.97. The zero-order valence-electron chi connectivity index (χ0n) is 11.8. The van der Waals surface area contributed by atoms with E-state index in [4.69, 9.17) is 5.11 Å². The first-order valence-corrected chi connectivity index (χ1v) is 7.79. The first-order chi connectivity index (χ1) is 10.0. The van der Waals surface area contributed by atoms with Gasteiger partial charge in [-0.05, 0) is 24.8 Å². The second-order valence-electron chi connectivity index (χ2n) is 4.86. The predicted molar refractivity (Wildman–Crippen MR) is 79.9 cm³/mol. The number of hydrogen-bond acceptors (Lipinski definition) is 4. The van der Waals surface area contributed by atoms with Gasteiger partial charge in [-0.15, -0.1) is 11.3 Å². The van der Waals surface area contributed by atoms with Gasteiger partial charge >= 0.3 is 5.97 Å². The molecule has 0 aliphatic heterocycles. The molecule has 0 atom stereocenters. The maximum Gasteiger partial charge on any atom is 0.305 e. The monoisotopic (exact) mass is 310 g/mol. The van der Waals surface area contributed by atoms with E-state index in [1.165, 1.54) is 11.3 Å². The molecule has 0 saturated carbocycles. The molecule has 0 saturated heterocycles. The molecule has 1 heterocycles. The number of carboxylic acid groups (broad SMARTS) is 1. The van der Waals surface area contributed by atoms with Gasteiger partial charge in [0.05, 0.1) is 12.0 Å². The molecule has 6 nitrogen and oxygen atoms in total. The standard InChI is InChI=1S/C14H18N2O4S/c1-2-10(17)16-14-12(8-4-3-5-9(8)21-14)13(20)15-7-6-11(18)19/h2-7H2,1H3,(H,15,20)(H,16,17)(H,18,19). The number of amides is 2. The molecule has 21 heavy (non-hydrogen) atoms. The Balaban J connectivity index is 2.17. The molecular weight excluding hydrogens is 292 g/mol. The molecule has 3 N–H and O–H groups in total. The SMILES string of the molecule is CCC(=O)Nc1sc2c(c1C(=O)NCCC(=O)O)CCC2. The Kier molecular flexibility index (Phi) is 4.95. The first-order valence-electron chi connectivity index (χ1n) is 6.97. The minimum absolute atomic E-state index is 0.0833. The summed E-state index contributed by atoms with van der Waals surface area (Å²) in [6, 6.07) is 0. The zero-order chi connectivity index (χ0) is 15.4. The molecule has 1 aromatic rings. The summed E-state index contributed by atoms with van der Waals surface area (Å²) in [6.45, 7) is 1.84. The number of fused-ring (bicyclic) bond motifs is 1. The van der Waals surface area contributed by atoms with Gasteiger partial charge in [-0.3, -0.25) is 14.4 Å². The lowest BCUT2D eigenvalue weighted by Crippen LogP contribution is -2.27. The van der Waals surface area contributed by atoms with Crippen LogP contribution in [0.4, 0.5) is 5.00 Å². The van der Waals surface area contributed by atoms with Gasteiger partial charge < -0.3 is 15.7 Å². The summed E-state index contributed by atoms with van der Waals surface area (Å²) < 4.78 is 0. The van der Waals surface area contributed by atoms with E-state index in [0.717, 1.165) is 29.7 Å². The summed E-state index contributed by atoms with van der Waals surface area (Å²) in [5.74, 6) is -1.39. The number of rotatable bonds is 6. The molecule has 1 aliphatic carbocycles. The third kappa shape index (κ3) is 3.60. The fraction of sp³-hybridized carbons (Fsp3) is 0.500. The van der Waals surface area contributed by atoms with E-state index in [2.05, 4.69) is 10.6 Å². The van der Waals surface area contributed by atoms with Crippen LogP contribution in [0, 0.1) is 0 Å². The molecule has 2 rings (SSSR count). The van der Waals surface area contributed by atoms with E-state index in [1.54, 1.807) is 6.92 Å². The van der Waals surface area contributed by atoms with Gasteiger partial charge in [0.25, 0.3) is 5.91 Å². The van der Waals surface area contributed by atoms with Crippen LogP contribution in [0.5, 0.6) is 0 Å². The number of aryl methyl sites for hydroxylation is 1. The Morgan fingerprint density at radius 2 is 2.05 bits per heavy atom. The largest absolute Gasteiger partial charge is 0.481 e. The number of carboxylic acids is 1. The van der Waals surface area contributed by atoms with Crippen molar-refractivity contribution < 1.29 is 19.5 Å². The maximum atomic E-state index is 12.3. The molecule has 0 unspecified atom stereocenters. The third-order valence-corrected chi connectivity index (χ3v) is 4.55. The van der Waals surface area contributed by atoms with E-state index in [1.807, 2.05) is 0 Å². The van der Waals surface area contributed by atoms with E-state index in [0.29, 0.717) is 17.0 Å². The highest BCUT2D eigenvalue weighted by Crippen LogP contribution is 2.39. The number of carbonyl (C=O) groups is 3. The smallest absolute Gasteiger partial charge is 0.305 e. The lowest BCUT2D eigenvalue weighted by Gasteiger charge is -2.08. The highest BCUT2D eigenvalue weighted by molar-refractivity contribution is 7.17. The van der Waals surface area contributed by atoms with E-state index in [-0.39, 0.29) is 24.8 Å². The normalized spacial score (nSPS) is 12.8. The molecular formula is C14H18N2O4S. The Hall–Kier alpha value is -1.89. The number of aliphatic carboxylic acids is 1. The van der Waals surface area contributed by atoms with Crippen LogP contribution in [0.15, 0.2) is 0 Å². The van der Waals surface area contributed by atoms with E-state index >= 15 is 0 Å². The van der Waals surface area contributed by atoms with Crippen LogP contribution in [0.25, 0.3) is 0 Å². The average Bonchev–Trinajstić information content (AvgIpc) is 2.97. The Labute approximate surface area is 126 Å². The highest BCUT2D eigenvalue weighted by Gasteiger charge is 2.27. The van der Waals surface area contributed by atoms with Gasteiger partial charge in [-0.2, -0.15) is 0 Å². The summed E-state index contributed by atoms with van der Waals surface area (Å²) >= 11 is 1.45. The van der Waals surface area contributed by atoms with Crippen molar-refractivity contribution in [1.82, 2.24) is 5.32 Å². The average molecular weight is 310 g/mol. The first kappa shape index (κ1) is 15.5. The summed E-state index contributed by atoms with van der Waals surface area (Å²) in [5.41, 5.74) is 1.51. The van der Waals surface area contributed by atoms with Crippen LogP contribution in [-0.4, -0.2) is 29.4 Å². The van der Waals surface area contributed by atoms with Gasteiger partial charge in [-0.25, -0.2) is 0 Å². The van der Waals surface area contributed by atoms with Crippen LogP contribution >= 0.6 is 11.3 Å². The highest BCUT2D eigenvalue weighted by atomic mass is 32.1. The lowest BCUT2D eigenvalue weighted by atomic mass is 10.1. The molecule has 0 aromatic carbocycles. The van der Waals surface area contributed by atoms with Gasteiger partial charge in [0.15, 0.2) is 0 Å². The Morgan fingerprint density at radius 3 is 2.71 bits per heavy atom. The molecule has 0 radical (unpaired) electrons. The van der Waals surface area contributed by atoms with Gasteiger partial charge in [-0.1, -0.05) is 6.92 Å². The van der Waals surface area contributed by atoms with Crippen molar-refractivity contribution in [2.75, 3.05) is 11.9 Å². The lowest BCUT2D eigenvalue weighted by molar-refractivity contribution is -0.136. The van der Waals surface area contributed by atoms with Crippen molar-refractivity contribution in [3.05, 3.63) is 16.0 Å². The minimum Gasteiger partial charge on any atom is -0.481 e. The Morgan fingerprint density at radius 1 is 1.29 bits per heavy atom. The van der Waals surface area contributed by atoms with Crippen molar-refractivity contribution >= 4 is 34.1 Å². The van der Waals surface area contributed by atoms with Crippen LogP contribution in [0.1, 0.15) is 47.0 Å². The third-order valence-electron chi connectivity index (χ3n) is 3.35. The van der Waals surface area contributed by atoms with Gasteiger partial charge in [0.2, 0.25) is 5.91 Å². The van der Waals surface area contributed by atoms with Crippen LogP contribution in [0.3, 0.4) is 0 Å². The molecule has 1 aliphatic rings. The van der Waals surface area contributed by atoms with Crippen molar-refractivity contribution in [3.63, 3.8) is 0 Å². The van der Waals surface area contributed by atoms with Crippen molar-refractivity contribution in [2.24, 2.45) is 0 Å². The maximum absolute atomic E-state index is 12.3. The van der Waals surface area contributed by atoms with E-state index in [9.17, 15) is 14.4 Å². The molecule has 1 aromatic heterocycles. The fourth-order valence-corrected chi connectivity index (χ4v) is 3.62. The quantitative estimate of drug-likeness (QED) is 0.746. The molecule has 7 heteroatoms. The Bertz CT molecular complexity index is 580. The van der Waals surface area contributed by atoms with Crippen LogP contribution in [-0.2, 0) is 22.4 Å². The predicted octanol–water partition coefficient (Wildman–Crippen LogP) is 1.79. The minimum atomic E-state index is -0.953. The number of hydrogen-bond donors (Lipinski definition) is 3. The molecule has 0 fully saturated rings. The molecule has 2 amide bonds. The molecule has 0 bridgehead atoms.